The van der Waals surface area contributed by atoms with Crippen molar-refractivity contribution < 1.29 is 14.6 Å². The second-order valence-electron chi connectivity index (χ2n) is 5.29. The lowest BCUT2D eigenvalue weighted by molar-refractivity contribution is 0.0684. The van der Waals surface area contributed by atoms with E-state index in [1.54, 1.807) is 0 Å². The van der Waals surface area contributed by atoms with Gasteiger partial charge in [0.2, 0.25) is 0 Å². The zero-order valence-corrected chi connectivity index (χ0v) is 13.0. The maximum atomic E-state index is 10.8. The lowest BCUT2D eigenvalue weighted by Gasteiger charge is -2.11. The molecule has 0 amide bonds. The lowest BCUT2D eigenvalue weighted by atomic mass is 10.1. The van der Waals surface area contributed by atoms with Crippen molar-refractivity contribution >= 4 is 5.97 Å². The van der Waals surface area contributed by atoms with Crippen LogP contribution in [-0.4, -0.2) is 26.3 Å². The summed E-state index contributed by atoms with van der Waals surface area (Å²) in [5.41, 5.74) is 2.15. The highest BCUT2D eigenvalue weighted by atomic mass is 16.5. The molecule has 3 aromatic rings. The van der Waals surface area contributed by atoms with E-state index in [4.69, 9.17) is 9.84 Å². The molecule has 2 aromatic carbocycles. The Balaban J connectivity index is 1.64. The first kappa shape index (κ1) is 15.7. The minimum atomic E-state index is -1.14. The quantitative estimate of drug-likeness (QED) is 0.698. The van der Waals surface area contributed by atoms with E-state index in [1.807, 2.05) is 54.6 Å². The predicted octanol–water partition coefficient (Wildman–Crippen LogP) is 2.87. The van der Waals surface area contributed by atoms with E-state index in [0.29, 0.717) is 25.3 Å². The number of nitrogens with zero attached hydrogens (tertiary/aromatic N) is 2. The Morgan fingerprint density at radius 2 is 1.79 bits per heavy atom. The summed E-state index contributed by atoms with van der Waals surface area (Å²) in [6, 6.07) is 17.8. The van der Waals surface area contributed by atoms with Crippen LogP contribution in [0.25, 0.3) is 0 Å². The van der Waals surface area contributed by atoms with Gasteiger partial charge < -0.3 is 9.84 Å². The maximum absolute atomic E-state index is 10.8. The normalized spacial score (nSPS) is 10.5. The average molecular weight is 323 g/mol. The molecule has 0 bridgehead atoms. The van der Waals surface area contributed by atoms with Gasteiger partial charge in [0.15, 0.2) is 0 Å². The van der Waals surface area contributed by atoms with Crippen LogP contribution in [0.3, 0.4) is 0 Å². The van der Waals surface area contributed by atoms with Crippen molar-refractivity contribution in [2.45, 2.75) is 19.4 Å². The molecule has 0 atom stereocenters. The molecule has 1 heterocycles. The van der Waals surface area contributed by atoms with E-state index < -0.39 is 5.97 Å². The Labute approximate surface area is 139 Å². The summed E-state index contributed by atoms with van der Waals surface area (Å²) in [5.74, 6) is 0.0206. The number of aromatic nitrogens is 3. The molecule has 0 saturated carbocycles. The molecule has 24 heavy (non-hydrogen) atoms. The number of benzene rings is 2. The summed E-state index contributed by atoms with van der Waals surface area (Å²) in [7, 11) is 0. The SMILES string of the molecule is O=C(O)c1n[nH]c(CCc2ccccc2OCc2ccccc2)n1. The van der Waals surface area contributed by atoms with Crippen molar-refractivity contribution in [3.63, 3.8) is 0 Å². The highest BCUT2D eigenvalue weighted by Crippen LogP contribution is 2.21. The van der Waals surface area contributed by atoms with Gasteiger partial charge in [-0.3, -0.25) is 5.10 Å². The second kappa shape index (κ2) is 7.41. The summed E-state index contributed by atoms with van der Waals surface area (Å²) >= 11 is 0. The Bertz CT molecular complexity index is 815. The van der Waals surface area contributed by atoms with Crippen LogP contribution in [0.2, 0.25) is 0 Å². The molecule has 0 aliphatic heterocycles. The zero-order chi connectivity index (χ0) is 16.8. The molecule has 0 aliphatic carbocycles. The summed E-state index contributed by atoms with van der Waals surface area (Å²) < 4.78 is 5.91. The fourth-order valence-corrected chi connectivity index (χ4v) is 2.34. The third-order valence-corrected chi connectivity index (χ3v) is 3.56. The minimum Gasteiger partial charge on any atom is -0.489 e. The first-order chi connectivity index (χ1) is 11.7. The molecule has 122 valence electrons. The van der Waals surface area contributed by atoms with Crippen molar-refractivity contribution in [3.8, 4) is 5.75 Å². The van der Waals surface area contributed by atoms with Gasteiger partial charge in [0.25, 0.3) is 5.82 Å². The van der Waals surface area contributed by atoms with Crippen LogP contribution in [-0.2, 0) is 19.4 Å². The van der Waals surface area contributed by atoms with E-state index in [-0.39, 0.29) is 5.82 Å². The molecule has 2 N–H and O–H groups in total. The zero-order valence-electron chi connectivity index (χ0n) is 13.0. The molecule has 0 aliphatic rings. The van der Waals surface area contributed by atoms with Crippen molar-refractivity contribution in [2.75, 3.05) is 0 Å². The number of hydrogen-bond acceptors (Lipinski definition) is 4. The minimum absolute atomic E-state index is 0.210. The number of rotatable bonds is 7. The largest absolute Gasteiger partial charge is 0.489 e. The van der Waals surface area contributed by atoms with Crippen molar-refractivity contribution in [2.24, 2.45) is 0 Å². The number of nitrogens with one attached hydrogen (secondary N) is 1. The molecule has 0 spiro atoms. The Kier molecular flexibility index (Phi) is 4.86. The maximum Gasteiger partial charge on any atom is 0.375 e. The molecular weight excluding hydrogens is 306 g/mol. The number of hydrogen-bond donors (Lipinski definition) is 2. The highest BCUT2D eigenvalue weighted by molar-refractivity contribution is 5.82. The van der Waals surface area contributed by atoms with Crippen LogP contribution in [0.1, 0.15) is 27.6 Å². The fourth-order valence-electron chi connectivity index (χ4n) is 2.34. The van der Waals surface area contributed by atoms with E-state index in [0.717, 1.165) is 16.9 Å². The molecule has 6 heteroatoms. The van der Waals surface area contributed by atoms with Gasteiger partial charge in [-0.1, -0.05) is 48.5 Å². The van der Waals surface area contributed by atoms with Crippen molar-refractivity contribution in [1.82, 2.24) is 15.2 Å². The Morgan fingerprint density at radius 3 is 2.54 bits per heavy atom. The number of ether oxygens (including phenoxy) is 1. The van der Waals surface area contributed by atoms with Gasteiger partial charge >= 0.3 is 5.97 Å². The van der Waals surface area contributed by atoms with Crippen LogP contribution in [0.4, 0.5) is 0 Å². The van der Waals surface area contributed by atoms with Gasteiger partial charge in [-0.15, -0.1) is 5.10 Å². The van der Waals surface area contributed by atoms with Gasteiger partial charge in [0.1, 0.15) is 18.2 Å². The Morgan fingerprint density at radius 1 is 1.04 bits per heavy atom. The third kappa shape index (κ3) is 3.98. The van der Waals surface area contributed by atoms with Gasteiger partial charge in [0.05, 0.1) is 0 Å². The summed E-state index contributed by atoms with van der Waals surface area (Å²) in [6.45, 7) is 0.503. The van der Waals surface area contributed by atoms with Gasteiger partial charge in [-0.05, 0) is 23.6 Å². The predicted molar refractivity (Wildman–Crippen MR) is 88.0 cm³/mol. The van der Waals surface area contributed by atoms with E-state index in [9.17, 15) is 4.79 Å². The molecule has 0 radical (unpaired) electrons. The first-order valence-corrected chi connectivity index (χ1v) is 7.61. The van der Waals surface area contributed by atoms with Crippen molar-refractivity contribution in [1.29, 1.82) is 0 Å². The number of aromatic amines is 1. The number of H-pyrrole nitrogens is 1. The lowest BCUT2D eigenvalue weighted by Crippen LogP contribution is -2.01. The fraction of sp³-hybridized carbons (Fsp3) is 0.167. The van der Waals surface area contributed by atoms with Crippen LogP contribution >= 0.6 is 0 Å². The van der Waals surface area contributed by atoms with Gasteiger partial charge in [-0.25, -0.2) is 9.78 Å². The Hall–Kier alpha value is -3.15. The molecule has 0 saturated heterocycles. The average Bonchev–Trinajstić information content (AvgIpc) is 3.09. The summed E-state index contributed by atoms with van der Waals surface area (Å²) in [5, 5.41) is 15.2. The number of aryl methyl sites for hydroxylation is 2. The second-order valence-corrected chi connectivity index (χ2v) is 5.29. The molecule has 6 nitrogen and oxygen atoms in total. The van der Waals surface area contributed by atoms with Crippen molar-refractivity contribution in [3.05, 3.63) is 77.4 Å². The monoisotopic (exact) mass is 323 g/mol. The first-order valence-electron chi connectivity index (χ1n) is 7.61. The number of carboxylic acids is 1. The molecule has 1 aromatic heterocycles. The summed E-state index contributed by atoms with van der Waals surface area (Å²) in [4.78, 5) is 14.7. The molecule has 3 rings (SSSR count). The third-order valence-electron chi connectivity index (χ3n) is 3.56. The standard InChI is InChI=1S/C18H17N3O3/c22-18(23)17-19-16(20-21-17)11-10-14-8-4-5-9-15(14)24-12-13-6-2-1-3-7-13/h1-9H,10-12H2,(H,22,23)(H,19,20,21). The smallest absolute Gasteiger partial charge is 0.375 e. The van der Waals surface area contributed by atoms with Crippen LogP contribution in [0, 0.1) is 0 Å². The number of carbonyl (C=O) groups is 1. The van der Waals surface area contributed by atoms with E-state index >= 15 is 0 Å². The highest BCUT2D eigenvalue weighted by Gasteiger charge is 2.11. The number of carboxylic acid groups (broad SMARTS) is 1. The number of para-hydroxylation sites is 1. The van der Waals surface area contributed by atoms with Gasteiger partial charge in [0, 0.05) is 6.42 Å². The molecule has 0 fully saturated rings. The van der Waals surface area contributed by atoms with E-state index in [1.165, 1.54) is 0 Å². The molecular formula is C18H17N3O3. The van der Waals surface area contributed by atoms with Gasteiger partial charge in [-0.2, -0.15) is 0 Å². The van der Waals surface area contributed by atoms with Crippen LogP contribution < -0.4 is 4.74 Å². The topological polar surface area (TPSA) is 88.1 Å². The summed E-state index contributed by atoms with van der Waals surface area (Å²) in [6.07, 6.45) is 1.24. The van der Waals surface area contributed by atoms with Crippen LogP contribution in [0.15, 0.2) is 54.6 Å². The molecule has 0 unspecified atom stereocenters. The van der Waals surface area contributed by atoms with Crippen LogP contribution in [0.5, 0.6) is 5.75 Å². The number of aromatic carboxylic acids is 1. The van der Waals surface area contributed by atoms with E-state index in [2.05, 4.69) is 15.2 Å².